The van der Waals surface area contributed by atoms with E-state index in [4.69, 9.17) is 15.6 Å². The number of aliphatic hydroxyl groups excluding tert-OH is 1. The van der Waals surface area contributed by atoms with Gasteiger partial charge in [0.15, 0.2) is 6.61 Å². The van der Waals surface area contributed by atoms with Crippen LogP contribution in [-0.4, -0.2) is 23.7 Å². The predicted octanol–water partition coefficient (Wildman–Crippen LogP) is -0.247. The fourth-order valence-corrected chi connectivity index (χ4v) is 1.01. The van der Waals surface area contributed by atoms with Gasteiger partial charge in [0.25, 0.3) is 5.91 Å². The molecule has 0 saturated carbocycles. The Labute approximate surface area is 92.0 Å². The Morgan fingerprint density at radius 3 is 2.44 bits per heavy atom. The number of carbonyl (C=O) groups is 2. The number of hydrogen-bond donors (Lipinski definition) is 3. The third kappa shape index (κ3) is 3.97. The van der Waals surface area contributed by atoms with Crippen LogP contribution in [0.15, 0.2) is 24.3 Å². The van der Waals surface area contributed by atoms with E-state index in [2.05, 4.69) is 0 Å². The zero-order chi connectivity index (χ0) is 12.0. The molecule has 0 aromatic heterocycles. The molecule has 6 nitrogen and oxygen atoms in total. The summed E-state index contributed by atoms with van der Waals surface area (Å²) in [5, 5.41) is 10.7. The van der Waals surface area contributed by atoms with E-state index >= 15 is 0 Å². The summed E-state index contributed by atoms with van der Waals surface area (Å²) in [6, 6.07) is 5.65. The Morgan fingerprint density at radius 2 is 1.94 bits per heavy atom. The van der Waals surface area contributed by atoms with Crippen molar-refractivity contribution in [3.05, 3.63) is 29.8 Å². The van der Waals surface area contributed by atoms with Crippen molar-refractivity contribution in [2.24, 2.45) is 5.73 Å². The lowest BCUT2D eigenvalue weighted by molar-refractivity contribution is -0.121. The minimum absolute atomic E-state index is 0.0531. The summed E-state index contributed by atoms with van der Waals surface area (Å²) in [7, 11) is 0. The first-order valence-electron chi connectivity index (χ1n) is 4.53. The van der Waals surface area contributed by atoms with Crippen LogP contribution in [0.5, 0.6) is 5.75 Å². The van der Waals surface area contributed by atoms with Crippen LogP contribution >= 0.6 is 0 Å². The van der Waals surface area contributed by atoms with Gasteiger partial charge in [-0.1, -0.05) is 12.1 Å². The molecule has 0 spiro atoms. The minimum Gasteiger partial charge on any atom is -0.484 e. The summed E-state index contributed by atoms with van der Waals surface area (Å²) in [5.74, 6) is -0.143. The minimum atomic E-state index is -0.913. The first-order chi connectivity index (χ1) is 7.61. The first-order valence-corrected chi connectivity index (χ1v) is 4.53. The standard InChI is InChI=1S/C10H12N2O4/c11-10(15)12-9(14)6-16-8-3-1-7(5-13)2-4-8/h1-4,13H,5-6H2,(H3,11,12,14,15). The second kappa shape index (κ2) is 5.72. The molecule has 0 fully saturated rings. The SMILES string of the molecule is NC(=O)NC(=O)COc1ccc(CO)cc1. The number of nitrogens with one attached hydrogen (secondary N) is 1. The van der Waals surface area contributed by atoms with Crippen molar-refractivity contribution in [3.8, 4) is 5.75 Å². The molecular weight excluding hydrogens is 212 g/mol. The van der Waals surface area contributed by atoms with E-state index in [1.54, 1.807) is 24.3 Å². The predicted molar refractivity (Wildman–Crippen MR) is 55.6 cm³/mol. The molecule has 3 amide bonds. The fraction of sp³-hybridized carbons (Fsp3) is 0.200. The fourth-order valence-electron chi connectivity index (χ4n) is 1.01. The number of amides is 3. The Kier molecular flexibility index (Phi) is 4.28. The highest BCUT2D eigenvalue weighted by molar-refractivity contribution is 5.94. The largest absolute Gasteiger partial charge is 0.484 e. The van der Waals surface area contributed by atoms with Gasteiger partial charge in [0.05, 0.1) is 6.61 Å². The molecule has 0 heterocycles. The van der Waals surface area contributed by atoms with Crippen LogP contribution in [0, 0.1) is 0 Å². The Bertz CT molecular complexity index is 375. The van der Waals surface area contributed by atoms with Gasteiger partial charge in [-0.2, -0.15) is 0 Å². The number of nitrogens with two attached hydrogens (primary N) is 1. The molecular formula is C10H12N2O4. The quantitative estimate of drug-likeness (QED) is 0.656. The van der Waals surface area contributed by atoms with Gasteiger partial charge >= 0.3 is 6.03 Å². The number of rotatable bonds is 4. The molecule has 0 radical (unpaired) electrons. The maximum atomic E-state index is 11.0. The molecule has 1 aromatic carbocycles. The van der Waals surface area contributed by atoms with E-state index in [-0.39, 0.29) is 13.2 Å². The summed E-state index contributed by atoms with van der Waals surface area (Å²) in [5.41, 5.74) is 5.49. The number of benzene rings is 1. The first kappa shape index (κ1) is 12.0. The van der Waals surface area contributed by atoms with Crippen molar-refractivity contribution in [2.75, 3.05) is 6.61 Å². The maximum absolute atomic E-state index is 11.0. The topological polar surface area (TPSA) is 102 Å². The van der Waals surface area contributed by atoms with Crippen LogP contribution in [0.4, 0.5) is 4.79 Å². The van der Waals surface area contributed by atoms with Crippen molar-refractivity contribution >= 4 is 11.9 Å². The molecule has 0 saturated heterocycles. The van der Waals surface area contributed by atoms with Gasteiger partial charge in [0.1, 0.15) is 5.75 Å². The number of carbonyl (C=O) groups excluding carboxylic acids is 2. The van der Waals surface area contributed by atoms with Crippen LogP contribution in [0.25, 0.3) is 0 Å². The number of ether oxygens (including phenoxy) is 1. The number of imide groups is 1. The second-order valence-electron chi connectivity index (χ2n) is 3.00. The Hall–Kier alpha value is -2.08. The number of primary amides is 1. The number of aliphatic hydroxyl groups is 1. The van der Waals surface area contributed by atoms with Crippen molar-refractivity contribution in [3.63, 3.8) is 0 Å². The van der Waals surface area contributed by atoms with Crippen LogP contribution in [0.2, 0.25) is 0 Å². The van der Waals surface area contributed by atoms with Crippen molar-refractivity contribution in [1.29, 1.82) is 0 Å². The highest BCUT2D eigenvalue weighted by Gasteiger charge is 2.04. The molecule has 4 N–H and O–H groups in total. The average molecular weight is 224 g/mol. The molecule has 0 aliphatic carbocycles. The molecule has 0 atom stereocenters. The molecule has 0 bridgehead atoms. The monoisotopic (exact) mass is 224 g/mol. The van der Waals surface area contributed by atoms with Crippen molar-refractivity contribution in [1.82, 2.24) is 5.32 Å². The average Bonchev–Trinajstić information content (AvgIpc) is 2.26. The van der Waals surface area contributed by atoms with Gasteiger partial charge in [-0.05, 0) is 17.7 Å². The van der Waals surface area contributed by atoms with Crippen LogP contribution < -0.4 is 15.8 Å². The zero-order valence-electron chi connectivity index (χ0n) is 8.47. The van der Waals surface area contributed by atoms with Crippen LogP contribution in [0.3, 0.4) is 0 Å². The number of urea groups is 1. The summed E-state index contributed by atoms with van der Waals surface area (Å²) in [6.07, 6.45) is 0. The van der Waals surface area contributed by atoms with E-state index in [0.29, 0.717) is 5.75 Å². The molecule has 0 unspecified atom stereocenters. The summed E-state index contributed by atoms with van der Waals surface area (Å²) in [4.78, 5) is 21.3. The third-order valence-corrected chi connectivity index (χ3v) is 1.74. The lowest BCUT2D eigenvalue weighted by Crippen LogP contribution is -2.38. The van der Waals surface area contributed by atoms with Crippen LogP contribution in [0.1, 0.15) is 5.56 Å². The van der Waals surface area contributed by atoms with Crippen LogP contribution in [-0.2, 0) is 11.4 Å². The highest BCUT2D eigenvalue weighted by atomic mass is 16.5. The van der Waals surface area contributed by atoms with Gasteiger partial charge in [0.2, 0.25) is 0 Å². The van der Waals surface area contributed by atoms with E-state index in [1.165, 1.54) is 0 Å². The molecule has 86 valence electrons. The molecule has 1 aromatic rings. The van der Waals surface area contributed by atoms with E-state index in [1.807, 2.05) is 5.32 Å². The number of hydrogen-bond acceptors (Lipinski definition) is 4. The van der Waals surface area contributed by atoms with E-state index in [9.17, 15) is 9.59 Å². The van der Waals surface area contributed by atoms with Crippen molar-refractivity contribution in [2.45, 2.75) is 6.61 Å². The van der Waals surface area contributed by atoms with Gasteiger partial charge in [-0.25, -0.2) is 4.79 Å². The maximum Gasteiger partial charge on any atom is 0.318 e. The van der Waals surface area contributed by atoms with Gasteiger partial charge in [-0.3, -0.25) is 10.1 Å². The Morgan fingerprint density at radius 1 is 1.31 bits per heavy atom. The smallest absolute Gasteiger partial charge is 0.318 e. The Balaban J connectivity index is 2.42. The summed E-state index contributed by atoms with van der Waals surface area (Å²) < 4.78 is 5.07. The van der Waals surface area contributed by atoms with Gasteiger partial charge < -0.3 is 15.6 Å². The van der Waals surface area contributed by atoms with E-state index in [0.717, 1.165) is 5.56 Å². The molecule has 16 heavy (non-hydrogen) atoms. The molecule has 0 aliphatic rings. The lowest BCUT2D eigenvalue weighted by Gasteiger charge is -2.05. The second-order valence-corrected chi connectivity index (χ2v) is 3.00. The van der Waals surface area contributed by atoms with E-state index < -0.39 is 11.9 Å². The summed E-state index contributed by atoms with van der Waals surface area (Å²) >= 11 is 0. The molecule has 6 heteroatoms. The summed E-state index contributed by atoms with van der Waals surface area (Å²) in [6.45, 7) is -0.343. The third-order valence-electron chi connectivity index (χ3n) is 1.74. The molecule has 1 rings (SSSR count). The van der Waals surface area contributed by atoms with Gasteiger partial charge in [0, 0.05) is 0 Å². The lowest BCUT2D eigenvalue weighted by atomic mass is 10.2. The molecule has 0 aliphatic heterocycles. The van der Waals surface area contributed by atoms with Gasteiger partial charge in [-0.15, -0.1) is 0 Å². The normalized spacial score (nSPS) is 9.56. The zero-order valence-corrected chi connectivity index (χ0v) is 8.47. The van der Waals surface area contributed by atoms with Crippen molar-refractivity contribution < 1.29 is 19.4 Å². The highest BCUT2D eigenvalue weighted by Crippen LogP contribution is 2.11.